The summed E-state index contributed by atoms with van der Waals surface area (Å²) in [6, 6.07) is 7.81. The number of carbonyl (C=O) groups is 1. The maximum absolute atomic E-state index is 11.6. The molecule has 3 nitrogen and oxygen atoms in total. The zero-order valence-corrected chi connectivity index (χ0v) is 10.8. The monoisotopic (exact) mass is 235 g/mol. The minimum absolute atomic E-state index is 0.237. The number of hydrogen-bond acceptors (Lipinski definition) is 3. The van der Waals surface area contributed by atoms with Crippen LogP contribution in [0.4, 0.5) is 0 Å². The molecule has 2 N–H and O–H groups in total. The molecule has 17 heavy (non-hydrogen) atoms. The average molecular weight is 235 g/mol. The van der Waals surface area contributed by atoms with E-state index in [0.29, 0.717) is 6.42 Å². The molecule has 0 heterocycles. The number of rotatable bonds is 5. The van der Waals surface area contributed by atoms with E-state index in [2.05, 4.69) is 19.1 Å². The smallest absolute Gasteiger partial charge is 0.310 e. The first-order chi connectivity index (χ1) is 8.13. The Morgan fingerprint density at radius 3 is 2.29 bits per heavy atom. The highest BCUT2D eigenvalue weighted by molar-refractivity contribution is 5.73. The predicted molar refractivity (Wildman–Crippen MR) is 68.5 cm³/mol. The molecule has 0 spiro atoms. The molecule has 0 aliphatic rings. The third kappa shape index (κ3) is 3.30. The van der Waals surface area contributed by atoms with Crippen LogP contribution in [0, 0.1) is 5.92 Å². The molecule has 1 rings (SSSR count). The summed E-state index contributed by atoms with van der Waals surface area (Å²) in [4.78, 5) is 11.6. The van der Waals surface area contributed by atoms with Crippen LogP contribution in [0.5, 0.6) is 0 Å². The fourth-order valence-corrected chi connectivity index (χ4v) is 1.93. The molecule has 0 fully saturated rings. The van der Waals surface area contributed by atoms with Crippen LogP contribution < -0.4 is 5.73 Å². The molecular formula is C14H21NO2. The molecule has 2 unspecified atom stereocenters. The van der Waals surface area contributed by atoms with Gasteiger partial charge in [0.25, 0.3) is 0 Å². The summed E-state index contributed by atoms with van der Waals surface area (Å²) in [5.74, 6) is -0.507. The molecule has 0 amide bonds. The van der Waals surface area contributed by atoms with Gasteiger partial charge in [0.2, 0.25) is 0 Å². The molecule has 0 aliphatic heterocycles. The van der Waals surface area contributed by atoms with Gasteiger partial charge in [-0.25, -0.2) is 0 Å². The molecule has 94 valence electrons. The number of nitrogens with two attached hydrogens (primary N) is 1. The number of benzene rings is 1. The molecule has 1 aromatic carbocycles. The average Bonchev–Trinajstić information content (AvgIpc) is 2.39. The lowest BCUT2D eigenvalue weighted by Gasteiger charge is -2.20. The van der Waals surface area contributed by atoms with Crippen molar-refractivity contribution >= 4 is 5.97 Å². The SMILES string of the molecule is CCc1ccc(C(N)C(CC)C(=O)OC)cc1. The van der Waals surface area contributed by atoms with Gasteiger partial charge in [0.1, 0.15) is 0 Å². The lowest BCUT2D eigenvalue weighted by molar-refractivity contribution is -0.146. The fourth-order valence-electron chi connectivity index (χ4n) is 1.93. The van der Waals surface area contributed by atoms with Crippen molar-refractivity contribution in [1.82, 2.24) is 0 Å². The highest BCUT2D eigenvalue weighted by Crippen LogP contribution is 2.23. The lowest BCUT2D eigenvalue weighted by Crippen LogP contribution is -2.28. The summed E-state index contributed by atoms with van der Waals surface area (Å²) in [6.45, 7) is 4.06. The van der Waals surface area contributed by atoms with Crippen molar-refractivity contribution in [3.63, 3.8) is 0 Å². The van der Waals surface area contributed by atoms with Gasteiger partial charge in [-0.15, -0.1) is 0 Å². The summed E-state index contributed by atoms with van der Waals surface area (Å²) in [5, 5.41) is 0. The van der Waals surface area contributed by atoms with Crippen LogP contribution in [0.25, 0.3) is 0 Å². The van der Waals surface area contributed by atoms with Crippen LogP contribution in [0.3, 0.4) is 0 Å². The molecule has 2 atom stereocenters. The third-order valence-electron chi connectivity index (χ3n) is 3.15. The molecule has 0 aliphatic carbocycles. The van der Waals surface area contributed by atoms with Crippen molar-refractivity contribution in [1.29, 1.82) is 0 Å². The summed E-state index contributed by atoms with van der Waals surface area (Å²) >= 11 is 0. The second-order valence-electron chi connectivity index (χ2n) is 4.16. The van der Waals surface area contributed by atoms with Gasteiger partial charge in [0.05, 0.1) is 13.0 Å². The first kappa shape index (κ1) is 13.7. The van der Waals surface area contributed by atoms with Gasteiger partial charge in [-0.2, -0.15) is 0 Å². The van der Waals surface area contributed by atoms with Gasteiger partial charge in [-0.05, 0) is 24.0 Å². The van der Waals surface area contributed by atoms with Crippen LogP contribution in [0.2, 0.25) is 0 Å². The van der Waals surface area contributed by atoms with Crippen molar-refractivity contribution in [2.45, 2.75) is 32.7 Å². The summed E-state index contributed by atoms with van der Waals surface area (Å²) in [5.41, 5.74) is 8.37. The van der Waals surface area contributed by atoms with Crippen molar-refractivity contribution in [3.05, 3.63) is 35.4 Å². The highest BCUT2D eigenvalue weighted by atomic mass is 16.5. The van der Waals surface area contributed by atoms with E-state index in [4.69, 9.17) is 10.5 Å². The van der Waals surface area contributed by atoms with Crippen LogP contribution in [-0.2, 0) is 16.0 Å². The van der Waals surface area contributed by atoms with Crippen molar-refractivity contribution in [2.24, 2.45) is 11.7 Å². The second-order valence-corrected chi connectivity index (χ2v) is 4.16. The Hall–Kier alpha value is -1.35. The topological polar surface area (TPSA) is 52.3 Å². The van der Waals surface area contributed by atoms with E-state index in [1.54, 1.807) is 0 Å². The number of esters is 1. The molecule has 0 radical (unpaired) electrons. The van der Waals surface area contributed by atoms with E-state index < -0.39 is 0 Å². The minimum atomic E-state index is -0.293. The van der Waals surface area contributed by atoms with Crippen molar-refractivity contribution in [2.75, 3.05) is 7.11 Å². The zero-order chi connectivity index (χ0) is 12.8. The molecule has 0 saturated carbocycles. The van der Waals surface area contributed by atoms with E-state index in [9.17, 15) is 4.79 Å². The van der Waals surface area contributed by atoms with Crippen LogP contribution in [0.1, 0.15) is 37.4 Å². The Balaban J connectivity index is 2.85. The number of ether oxygens (including phenoxy) is 1. The Bertz CT molecular complexity index is 359. The standard InChI is InChI=1S/C14H21NO2/c1-4-10-6-8-11(9-7-10)13(15)12(5-2)14(16)17-3/h6-9,12-13H,4-5,15H2,1-3H3. The Morgan fingerprint density at radius 2 is 1.88 bits per heavy atom. The number of hydrogen-bond donors (Lipinski definition) is 1. The zero-order valence-electron chi connectivity index (χ0n) is 10.8. The highest BCUT2D eigenvalue weighted by Gasteiger charge is 2.25. The van der Waals surface area contributed by atoms with Gasteiger partial charge >= 0.3 is 5.97 Å². The van der Waals surface area contributed by atoms with Gasteiger partial charge in [-0.3, -0.25) is 4.79 Å². The van der Waals surface area contributed by atoms with Gasteiger partial charge < -0.3 is 10.5 Å². The van der Waals surface area contributed by atoms with Gasteiger partial charge in [-0.1, -0.05) is 38.1 Å². The summed E-state index contributed by atoms with van der Waals surface area (Å²) in [6.07, 6.45) is 1.69. The van der Waals surface area contributed by atoms with Crippen molar-refractivity contribution in [3.8, 4) is 0 Å². The summed E-state index contributed by atoms with van der Waals surface area (Å²) in [7, 11) is 1.40. The van der Waals surface area contributed by atoms with E-state index in [-0.39, 0.29) is 17.9 Å². The Labute approximate surface area is 103 Å². The largest absolute Gasteiger partial charge is 0.469 e. The quantitative estimate of drug-likeness (QED) is 0.797. The summed E-state index contributed by atoms with van der Waals surface area (Å²) < 4.78 is 4.77. The lowest BCUT2D eigenvalue weighted by atomic mass is 9.91. The third-order valence-corrected chi connectivity index (χ3v) is 3.15. The number of methoxy groups -OCH3 is 1. The molecule has 0 saturated heterocycles. The van der Waals surface area contributed by atoms with Gasteiger partial charge in [0.15, 0.2) is 0 Å². The first-order valence-corrected chi connectivity index (χ1v) is 6.06. The van der Waals surface area contributed by atoms with Crippen LogP contribution in [-0.4, -0.2) is 13.1 Å². The minimum Gasteiger partial charge on any atom is -0.469 e. The Morgan fingerprint density at radius 1 is 1.29 bits per heavy atom. The number of carbonyl (C=O) groups excluding carboxylic acids is 1. The normalized spacial score (nSPS) is 14.1. The van der Waals surface area contributed by atoms with E-state index in [0.717, 1.165) is 12.0 Å². The molecular weight excluding hydrogens is 214 g/mol. The maximum atomic E-state index is 11.6. The molecule has 3 heteroatoms. The maximum Gasteiger partial charge on any atom is 0.310 e. The van der Waals surface area contributed by atoms with Crippen LogP contribution >= 0.6 is 0 Å². The number of aryl methyl sites for hydroxylation is 1. The van der Waals surface area contributed by atoms with Gasteiger partial charge in [0, 0.05) is 6.04 Å². The molecule has 1 aromatic rings. The van der Waals surface area contributed by atoms with Crippen molar-refractivity contribution < 1.29 is 9.53 Å². The molecule has 0 aromatic heterocycles. The first-order valence-electron chi connectivity index (χ1n) is 6.06. The second kappa shape index (κ2) is 6.40. The predicted octanol–water partition coefficient (Wildman–Crippen LogP) is 2.45. The Kier molecular flexibility index (Phi) is 5.16. The fraction of sp³-hybridized carbons (Fsp3) is 0.500. The van der Waals surface area contributed by atoms with E-state index in [1.807, 2.05) is 19.1 Å². The van der Waals surface area contributed by atoms with E-state index >= 15 is 0 Å². The van der Waals surface area contributed by atoms with Crippen LogP contribution in [0.15, 0.2) is 24.3 Å². The molecule has 0 bridgehead atoms. The van der Waals surface area contributed by atoms with E-state index in [1.165, 1.54) is 12.7 Å².